The summed E-state index contributed by atoms with van der Waals surface area (Å²) in [5.74, 6) is -4.95. The van der Waals surface area contributed by atoms with Crippen molar-refractivity contribution in [1.82, 2.24) is 5.32 Å². The Labute approximate surface area is 103 Å². The Morgan fingerprint density at radius 2 is 1.72 bits per heavy atom. The number of benzene rings is 1. The van der Waals surface area contributed by atoms with Gasteiger partial charge in [0.25, 0.3) is 0 Å². The topological polar surface area (TPSA) is 38.3 Å². The van der Waals surface area contributed by atoms with Gasteiger partial charge in [-0.15, -0.1) is 0 Å². The van der Waals surface area contributed by atoms with E-state index in [1.54, 1.807) is 13.8 Å². The van der Waals surface area contributed by atoms with Crippen molar-refractivity contribution < 1.29 is 22.7 Å². The van der Waals surface area contributed by atoms with Crippen LogP contribution in [0, 0.1) is 17.5 Å². The molecule has 1 atom stereocenters. The number of hydrogen-bond acceptors (Lipinski definition) is 3. The van der Waals surface area contributed by atoms with Gasteiger partial charge in [-0.25, -0.2) is 18.0 Å². The fourth-order valence-electron chi connectivity index (χ4n) is 1.49. The zero-order valence-corrected chi connectivity index (χ0v) is 10.3. The van der Waals surface area contributed by atoms with Gasteiger partial charge < -0.3 is 4.74 Å². The lowest BCUT2D eigenvalue weighted by atomic mass is 10.1. The number of nitrogens with one attached hydrogen (secondary N) is 1. The van der Waals surface area contributed by atoms with Crippen LogP contribution in [-0.2, 0) is 9.53 Å². The first-order chi connectivity index (χ1) is 8.36. The van der Waals surface area contributed by atoms with Crippen LogP contribution in [0.2, 0.25) is 0 Å². The predicted octanol–water partition coefficient (Wildman–Crippen LogP) is 2.32. The van der Waals surface area contributed by atoms with E-state index in [4.69, 9.17) is 0 Å². The molecule has 18 heavy (non-hydrogen) atoms. The van der Waals surface area contributed by atoms with Crippen LogP contribution < -0.4 is 5.32 Å². The maximum atomic E-state index is 13.1. The molecule has 1 N–H and O–H groups in total. The molecule has 0 radical (unpaired) electrons. The fourth-order valence-corrected chi connectivity index (χ4v) is 1.49. The Morgan fingerprint density at radius 3 is 2.11 bits per heavy atom. The van der Waals surface area contributed by atoms with Crippen LogP contribution in [0.4, 0.5) is 13.2 Å². The van der Waals surface area contributed by atoms with Crippen LogP contribution >= 0.6 is 0 Å². The number of carbonyl (C=O) groups excluding carboxylic acids is 1. The molecule has 0 aliphatic heterocycles. The second-order valence-electron chi connectivity index (χ2n) is 4.08. The van der Waals surface area contributed by atoms with E-state index < -0.39 is 29.5 Å². The summed E-state index contributed by atoms with van der Waals surface area (Å²) in [6, 6.07) is 0.384. The summed E-state index contributed by atoms with van der Waals surface area (Å²) in [6.07, 6.45) is 0. The van der Waals surface area contributed by atoms with E-state index in [1.807, 2.05) is 0 Å². The van der Waals surface area contributed by atoms with Crippen LogP contribution in [0.1, 0.15) is 25.5 Å². The summed E-state index contributed by atoms with van der Waals surface area (Å²) >= 11 is 0. The van der Waals surface area contributed by atoms with Gasteiger partial charge in [0.05, 0.1) is 7.11 Å². The highest BCUT2D eigenvalue weighted by atomic mass is 19.2. The second-order valence-corrected chi connectivity index (χ2v) is 4.08. The van der Waals surface area contributed by atoms with Gasteiger partial charge in [0, 0.05) is 6.04 Å². The first kappa shape index (κ1) is 14.5. The van der Waals surface area contributed by atoms with Crippen LogP contribution in [0.15, 0.2) is 12.1 Å². The van der Waals surface area contributed by atoms with E-state index in [0.29, 0.717) is 0 Å². The third kappa shape index (κ3) is 3.22. The van der Waals surface area contributed by atoms with Crippen molar-refractivity contribution in [2.75, 3.05) is 7.11 Å². The van der Waals surface area contributed by atoms with Crippen LogP contribution in [0.3, 0.4) is 0 Å². The summed E-state index contributed by atoms with van der Waals surface area (Å²) in [5, 5.41) is 2.79. The van der Waals surface area contributed by atoms with Gasteiger partial charge in [-0.2, -0.15) is 0 Å². The fraction of sp³-hybridized carbons (Fsp3) is 0.417. The summed E-state index contributed by atoms with van der Waals surface area (Å²) in [4.78, 5) is 11.5. The summed E-state index contributed by atoms with van der Waals surface area (Å²) in [6.45, 7) is 3.51. The molecule has 1 unspecified atom stereocenters. The molecule has 0 saturated carbocycles. The minimum absolute atomic E-state index is 0.0213. The van der Waals surface area contributed by atoms with Gasteiger partial charge >= 0.3 is 5.97 Å². The normalized spacial score (nSPS) is 12.6. The minimum atomic E-state index is -1.56. The number of ether oxygens (including phenoxy) is 1. The van der Waals surface area contributed by atoms with Crippen molar-refractivity contribution in [2.24, 2.45) is 0 Å². The third-order valence-electron chi connectivity index (χ3n) is 2.28. The second kappa shape index (κ2) is 5.86. The standard InChI is InChI=1S/C12H14F3NO2/c1-6(2)16-11(12(17)18-3)7-4-8(13)10(15)9(14)5-7/h4-6,11,16H,1-3H3. The maximum Gasteiger partial charge on any atom is 0.327 e. The van der Waals surface area contributed by atoms with Gasteiger partial charge in [-0.05, 0) is 31.5 Å². The van der Waals surface area contributed by atoms with Gasteiger partial charge in [-0.1, -0.05) is 0 Å². The lowest BCUT2D eigenvalue weighted by molar-refractivity contribution is -0.143. The van der Waals surface area contributed by atoms with Crippen molar-refractivity contribution in [3.63, 3.8) is 0 Å². The zero-order chi connectivity index (χ0) is 13.9. The molecule has 1 rings (SSSR count). The van der Waals surface area contributed by atoms with Gasteiger partial charge in [0.15, 0.2) is 17.5 Å². The quantitative estimate of drug-likeness (QED) is 0.667. The third-order valence-corrected chi connectivity index (χ3v) is 2.28. The molecule has 0 fully saturated rings. The monoisotopic (exact) mass is 261 g/mol. The molecule has 3 nitrogen and oxygen atoms in total. The van der Waals surface area contributed by atoms with E-state index >= 15 is 0 Å². The number of halogens is 3. The van der Waals surface area contributed by atoms with Crippen molar-refractivity contribution in [2.45, 2.75) is 25.9 Å². The molecule has 0 spiro atoms. The van der Waals surface area contributed by atoms with E-state index in [1.165, 1.54) is 0 Å². The minimum Gasteiger partial charge on any atom is -0.468 e. The summed E-state index contributed by atoms with van der Waals surface area (Å²) in [7, 11) is 1.16. The van der Waals surface area contributed by atoms with E-state index in [9.17, 15) is 18.0 Å². The van der Waals surface area contributed by atoms with Crippen LogP contribution in [-0.4, -0.2) is 19.1 Å². The number of methoxy groups -OCH3 is 1. The molecule has 1 aromatic carbocycles. The van der Waals surface area contributed by atoms with Crippen molar-refractivity contribution in [1.29, 1.82) is 0 Å². The molecule has 0 aromatic heterocycles. The SMILES string of the molecule is COC(=O)C(NC(C)C)c1cc(F)c(F)c(F)c1. The number of rotatable bonds is 4. The maximum absolute atomic E-state index is 13.1. The molecular formula is C12H14F3NO2. The Kier molecular flexibility index (Phi) is 4.72. The summed E-state index contributed by atoms with van der Waals surface area (Å²) in [5.41, 5.74) is -0.0213. The molecular weight excluding hydrogens is 247 g/mol. The average Bonchev–Trinajstić information content (AvgIpc) is 2.31. The van der Waals surface area contributed by atoms with E-state index in [-0.39, 0.29) is 11.6 Å². The average molecular weight is 261 g/mol. The number of hydrogen-bond donors (Lipinski definition) is 1. The Morgan fingerprint density at radius 1 is 1.22 bits per heavy atom. The zero-order valence-electron chi connectivity index (χ0n) is 10.3. The molecule has 0 heterocycles. The lowest BCUT2D eigenvalue weighted by Crippen LogP contribution is -2.34. The van der Waals surface area contributed by atoms with E-state index in [0.717, 1.165) is 19.2 Å². The Bertz CT molecular complexity index is 426. The van der Waals surface area contributed by atoms with Crippen LogP contribution in [0.5, 0.6) is 0 Å². The first-order valence-electron chi connectivity index (χ1n) is 5.35. The lowest BCUT2D eigenvalue weighted by Gasteiger charge is -2.19. The molecule has 0 aliphatic carbocycles. The number of esters is 1. The molecule has 1 aromatic rings. The van der Waals surface area contributed by atoms with Crippen molar-refractivity contribution in [3.05, 3.63) is 35.1 Å². The highest BCUT2D eigenvalue weighted by Crippen LogP contribution is 2.21. The first-order valence-corrected chi connectivity index (χ1v) is 5.35. The number of carbonyl (C=O) groups is 1. The van der Waals surface area contributed by atoms with E-state index in [2.05, 4.69) is 10.1 Å². The Balaban J connectivity index is 3.16. The van der Waals surface area contributed by atoms with Gasteiger partial charge in [0.2, 0.25) is 0 Å². The molecule has 0 saturated heterocycles. The molecule has 0 aliphatic rings. The highest BCUT2D eigenvalue weighted by Gasteiger charge is 2.24. The smallest absolute Gasteiger partial charge is 0.327 e. The Hall–Kier alpha value is -1.56. The molecule has 0 bridgehead atoms. The molecule has 0 amide bonds. The predicted molar refractivity (Wildman–Crippen MR) is 59.3 cm³/mol. The largest absolute Gasteiger partial charge is 0.468 e. The van der Waals surface area contributed by atoms with Crippen molar-refractivity contribution in [3.8, 4) is 0 Å². The molecule has 100 valence electrons. The molecule has 6 heteroatoms. The summed E-state index contributed by atoms with van der Waals surface area (Å²) < 4.78 is 43.6. The van der Waals surface area contributed by atoms with Gasteiger partial charge in [0.1, 0.15) is 6.04 Å². The van der Waals surface area contributed by atoms with Gasteiger partial charge in [-0.3, -0.25) is 5.32 Å². The van der Waals surface area contributed by atoms with Crippen molar-refractivity contribution >= 4 is 5.97 Å². The van der Waals surface area contributed by atoms with Crippen LogP contribution in [0.25, 0.3) is 0 Å². The highest BCUT2D eigenvalue weighted by molar-refractivity contribution is 5.77.